The topological polar surface area (TPSA) is 72.2 Å². The number of carboxylic acids is 1. The van der Waals surface area contributed by atoms with Crippen LogP contribution in [0.15, 0.2) is 12.4 Å². The van der Waals surface area contributed by atoms with Gasteiger partial charge in [0.15, 0.2) is 5.78 Å². The number of aryl methyl sites for hydroxylation is 1. The summed E-state index contributed by atoms with van der Waals surface area (Å²) in [4.78, 5) is 22.5. The van der Waals surface area contributed by atoms with Crippen LogP contribution in [0, 0.1) is 11.8 Å². The molecule has 1 aliphatic carbocycles. The van der Waals surface area contributed by atoms with Crippen molar-refractivity contribution in [2.75, 3.05) is 0 Å². The van der Waals surface area contributed by atoms with Crippen LogP contribution in [0.5, 0.6) is 0 Å². The van der Waals surface area contributed by atoms with Crippen molar-refractivity contribution in [2.45, 2.75) is 26.3 Å². The molecular formula is C11H14N2O3. The number of hydrogen-bond acceptors (Lipinski definition) is 3. The van der Waals surface area contributed by atoms with E-state index in [9.17, 15) is 9.59 Å². The summed E-state index contributed by atoms with van der Waals surface area (Å²) >= 11 is 0. The van der Waals surface area contributed by atoms with Crippen LogP contribution in [0.25, 0.3) is 0 Å². The lowest BCUT2D eigenvalue weighted by atomic mass is 10.1. The van der Waals surface area contributed by atoms with E-state index in [-0.39, 0.29) is 11.7 Å². The molecule has 5 heteroatoms. The second kappa shape index (κ2) is 4.08. The predicted octanol–water partition coefficient (Wildman–Crippen LogP) is 1.20. The molecule has 86 valence electrons. The van der Waals surface area contributed by atoms with Crippen LogP contribution in [0.1, 0.15) is 30.1 Å². The molecule has 0 aliphatic heterocycles. The molecule has 1 saturated carbocycles. The van der Waals surface area contributed by atoms with Gasteiger partial charge in [-0.1, -0.05) is 6.92 Å². The third-order valence-electron chi connectivity index (χ3n) is 2.81. The van der Waals surface area contributed by atoms with E-state index in [0.717, 1.165) is 13.0 Å². The Labute approximate surface area is 93.1 Å². The molecule has 16 heavy (non-hydrogen) atoms. The second-order valence-corrected chi connectivity index (χ2v) is 4.14. The molecule has 0 saturated heterocycles. The van der Waals surface area contributed by atoms with Gasteiger partial charge in [-0.3, -0.25) is 14.3 Å². The van der Waals surface area contributed by atoms with Gasteiger partial charge in [0.05, 0.1) is 17.7 Å². The SMILES string of the molecule is CCCn1cc(C(=O)[C@H]2C[C@@H]2C(=O)O)cn1. The first-order valence-electron chi connectivity index (χ1n) is 5.43. The number of rotatable bonds is 5. The standard InChI is InChI=1S/C11H14N2O3/c1-2-3-13-6-7(5-12-13)10(14)8-4-9(8)11(15)16/h5-6,8-9H,2-4H2,1H3,(H,15,16)/t8-,9-/m0/s1. The number of ketones is 1. The van der Waals surface area contributed by atoms with Gasteiger partial charge in [0, 0.05) is 18.7 Å². The fraction of sp³-hybridized carbons (Fsp3) is 0.545. The molecule has 2 rings (SSSR count). The molecular weight excluding hydrogens is 208 g/mol. The highest BCUT2D eigenvalue weighted by molar-refractivity contribution is 6.02. The number of carbonyl (C=O) groups is 2. The average molecular weight is 222 g/mol. The molecule has 0 amide bonds. The summed E-state index contributed by atoms with van der Waals surface area (Å²) in [5.74, 6) is -1.78. The molecule has 0 bridgehead atoms. The maximum Gasteiger partial charge on any atom is 0.307 e. The zero-order valence-electron chi connectivity index (χ0n) is 9.09. The highest BCUT2D eigenvalue weighted by atomic mass is 16.4. The highest BCUT2D eigenvalue weighted by Crippen LogP contribution is 2.40. The van der Waals surface area contributed by atoms with E-state index in [0.29, 0.717) is 12.0 Å². The Morgan fingerprint density at radius 3 is 2.88 bits per heavy atom. The summed E-state index contributed by atoms with van der Waals surface area (Å²) in [5, 5.41) is 12.8. The molecule has 0 unspecified atom stereocenters. The fourth-order valence-corrected chi connectivity index (χ4v) is 1.81. The second-order valence-electron chi connectivity index (χ2n) is 4.14. The zero-order valence-corrected chi connectivity index (χ0v) is 9.09. The summed E-state index contributed by atoms with van der Waals surface area (Å²) in [7, 11) is 0. The molecule has 1 aromatic heterocycles. The maximum atomic E-state index is 11.8. The molecule has 5 nitrogen and oxygen atoms in total. The Hall–Kier alpha value is -1.65. The lowest BCUT2D eigenvalue weighted by molar-refractivity contribution is -0.138. The average Bonchev–Trinajstić information content (AvgIpc) is 2.92. The van der Waals surface area contributed by atoms with Crippen LogP contribution in [-0.2, 0) is 11.3 Å². The molecule has 1 heterocycles. The first-order chi connectivity index (χ1) is 7.63. The van der Waals surface area contributed by atoms with Crippen LogP contribution < -0.4 is 0 Å². The molecule has 0 radical (unpaired) electrons. The van der Waals surface area contributed by atoms with Crippen molar-refractivity contribution in [3.05, 3.63) is 18.0 Å². The van der Waals surface area contributed by atoms with Gasteiger partial charge in [-0.15, -0.1) is 0 Å². The molecule has 1 aliphatic rings. The third-order valence-corrected chi connectivity index (χ3v) is 2.81. The number of nitrogens with zero attached hydrogens (tertiary/aromatic N) is 2. The molecule has 1 N–H and O–H groups in total. The zero-order chi connectivity index (χ0) is 11.7. The van der Waals surface area contributed by atoms with Crippen molar-refractivity contribution < 1.29 is 14.7 Å². The van der Waals surface area contributed by atoms with Crippen molar-refractivity contribution in [1.29, 1.82) is 0 Å². The Kier molecular flexibility index (Phi) is 2.77. The summed E-state index contributed by atoms with van der Waals surface area (Å²) in [6, 6.07) is 0. The Morgan fingerprint density at radius 1 is 1.56 bits per heavy atom. The Morgan fingerprint density at radius 2 is 2.31 bits per heavy atom. The number of aromatic nitrogens is 2. The van der Waals surface area contributed by atoms with Crippen LogP contribution in [-0.4, -0.2) is 26.6 Å². The van der Waals surface area contributed by atoms with Crippen molar-refractivity contribution >= 4 is 11.8 Å². The van der Waals surface area contributed by atoms with Crippen LogP contribution in [0.3, 0.4) is 0 Å². The largest absolute Gasteiger partial charge is 0.481 e. The smallest absolute Gasteiger partial charge is 0.307 e. The van der Waals surface area contributed by atoms with Crippen molar-refractivity contribution in [2.24, 2.45) is 11.8 Å². The van der Waals surface area contributed by atoms with Crippen molar-refractivity contribution in [3.8, 4) is 0 Å². The van der Waals surface area contributed by atoms with Gasteiger partial charge >= 0.3 is 5.97 Å². The van der Waals surface area contributed by atoms with Crippen LogP contribution >= 0.6 is 0 Å². The lowest BCUT2D eigenvalue weighted by Gasteiger charge is -1.95. The van der Waals surface area contributed by atoms with Crippen LogP contribution in [0.4, 0.5) is 0 Å². The minimum atomic E-state index is -0.876. The molecule has 2 atom stereocenters. The molecule has 0 spiro atoms. The fourth-order valence-electron chi connectivity index (χ4n) is 1.81. The minimum Gasteiger partial charge on any atom is -0.481 e. The quantitative estimate of drug-likeness (QED) is 0.760. The van der Waals surface area contributed by atoms with E-state index in [1.54, 1.807) is 10.9 Å². The monoisotopic (exact) mass is 222 g/mol. The van der Waals surface area contributed by atoms with Gasteiger partial charge < -0.3 is 5.11 Å². The van der Waals surface area contributed by atoms with Crippen molar-refractivity contribution in [1.82, 2.24) is 9.78 Å². The summed E-state index contributed by atoms with van der Waals surface area (Å²) < 4.78 is 1.71. The Balaban J connectivity index is 2.02. The van der Waals surface area contributed by atoms with Gasteiger partial charge in [-0.25, -0.2) is 0 Å². The number of hydrogen-bond donors (Lipinski definition) is 1. The van der Waals surface area contributed by atoms with E-state index in [4.69, 9.17) is 5.11 Å². The summed E-state index contributed by atoms with van der Waals surface area (Å²) in [6.07, 6.45) is 4.64. The highest BCUT2D eigenvalue weighted by Gasteiger charge is 2.48. The van der Waals surface area contributed by atoms with Crippen LogP contribution in [0.2, 0.25) is 0 Å². The number of carboxylic acid groups (broad SMARTS) is 1. The number of carbonyl (C=O) groups excluding carboxylic acids is 1. The molecule has 1 aromatic rings. The predicted molar refractivity (Wildman–Crippen MR) is 56.1 cm³/mol. The van der Waals surface area contributed by atoms with Gasteiger partial charge in [0.2, 0.25) is 0 Å². The van der Waals surface area contributed by atoms with Crippen molar-refractivity contribution in [3.63, 3.8) is 0 Å². The van der Waals surface area contributed by atoms with E-state index < -0.39 is 11.9 Å². The van der Waals surface area contributed by atoms with E-state index in [2.05, 4.69) is 5.10 Å². The van der Waals surface area contributed by atoms with E-state index >= 15 is 0 Å². The molecule has 1 fully saturated rings. The number of Topliss-reactive ketones (excluding diaryl/α,β-unsaturated/α-hetero) is 1. The van der Waals surface area contributed by atoms with Gasteiger partial charge in [0.25, 0.3) is 0 Å². The summed E-state index contributed by atoms with van der Waals surface area (Å²) in [6.45, 7) is 2.81. The normalized spacial score (nSPS) is 23.1. The van der Waals surface area contributed by atoms with Gasteiger partial charge in [-0.2, -0.15) is 5.10 Å². The maximum absolute atomic E-state index is 11.8. The van der Waals surface area contributed by atoms with Gasteiger partial charge in [0.1, 0.15) is 0 Å². The van der Waals surface area contributed by atoms with E-state index in [1.807, 2.05) is 6.92 Å². The van der Waals surface area contributed by atoms with Gasteiger partial charge in [-0.05, 0) is 12.8 Å². The first kappa shape index (κ1) is 10.9. The Bertz CT molecular complexity index is 425. The third kappa shape index (κ3) is 1.98. The van der Waals surface area contributed by atoms with E-state index in [1.165, 1.54) is 6.20 Å². The lowest BCUT2D eigenvalue weighted by Crippen LogP contribution is -2.07. The minimum absolute atomic E-state index is 0.0882. The number of aliphatic carboxylic acids is 1. The first-order valence-corrected chi connectivity index (χ1v) is 5.43. The summed E-state index contributed by atoms with van der Waals surface area (Å²) in [5.41, 5.74) is 0.530. The molecule has 0 aromatic carbocycles.